The van der Waals surface area contributed by atoms with Crippen molar-refractivity contribution < 1.29 is 21.4 Å². The number of hydrogen-bond donors (Lipinski definition) is 3. The van der Waals surface area contributed by atoms with E-state index in [4.69, 9.17) is 0 Å². The lowest BCUT2D eigenvalue weighted by atomic mass is 10.1. The van der Waals surface area contributed by atoms with Gasteiger partial charge >= 0.3 is 0 Å². The Morgan fingerprint density at radius 1 is 0.675 bits per heavy atom. The summed E-state index contributed by atoms with van der Waals surface area (Å²) in [7, 11) is -8.28. The summed E-state index contributed by atoms with van der Waals surface area (Å²) in [6.07, 6.45) is 0. The van der Waals surface area contributed by atoms with Crippen LogP contribution in [0.4, 0.5) is 28.4 Å². The minimum absolute atomic E-state index is 0.156. The zero-order valence-corrected chi connectivity index (χ0v) is 22.8. The van der Waals surface area contributed by atoms with Crippen LogP contribution < -0.4 is 10.0 Å². The van der Waals surface area contributed by atoms with E-state index in [1.54, 1.807) is 66.7 Å². The van der Waals surface area contributed by atoms with Gasteiger partial charge in [-0.25, -0.2) is 8.42 Å². The zero-order valence-electron chi connectivity index (χ0n) is 21.2. The summed E-state index contributed by atoms with van der Waals surface area (Å²) in [5.74, 6) is 0. The number of hydrogen-bond acceptors (Lipinski definition) is 7. The van der Waals surface area contributed by atoms with Crippen LogP contribution in [0.25, 0.3) is 10.8 Å². The van der Waals surface area contributed by atoms with Crippen molar-refractivity contribution in [2.75, 3.05) is 10.0 Å². The van der Waals surface area contributed by atoms with Crippen molar-refractivity contribution >= 4 is 59.4 Å². The molecule has 0 aliphatic heterocycles. The summed E-state index contributed by atoms with van der Waals surface area (Å²) < 4.78 is 62.2. The Labute approximate surface area is 232 Å². The molecule has 11 heteroatoms. The van der Waals surface area contributed by atoms with Gasteiger partial charge in [0.15, 0.2) is 0 Å². The van der Waals surface area contributed by atoms with Crippen molar-refractivity contribution in [1.82, 2.24) is 0 Å². The summed E-state index contributed by atoms with van der Waals surface area (Å²) in [4.78, 5) is -0.103. The molecule has 0 fully saturated rings. The minimum Gasteiger partial charge on any atom is -0.355 e. The number of rotatable bonds is 8. The lowest BCUT2D eigenvalue weighted by Gasteiger charge is -2.13. The molecule has 0 radical (unpaired) electrons. The molecular weight excluding hydrogens is 548 g/mol. The first-order valence-corrected chi connectivity index (χ1v) is 15.0. The lowest BCUT2D eigenvalue weighted by Crippen LogP contribution is -2.12. The SMILES string of the molecule is Cc1ccc(S(=O)(=O)Nc2ccc(/N=N/c3ccc(Nc4ccccc4)c4c(S(=O)(=O)O)cccc34)cc2)cc1. The van der Waals surface area contributed by atoms with E-state index in [-0.39, 0.29) is 15.2 Å². The highest BCUT2D eigenvalue weighted by Crippen LogP contribution is 2.38. The van der Waals surface area contributed by atoms with Crippen LogP contribution in [0.15, 0.2) is 129 Å². The van der Waals surface area contributed by atoms with Gasteiger partial charge in [0.1, 0.15) is 4.90 Å². The van der Waals surface area contributed by atoms with Crippen LogP contribution >= 0.6 is 0 Å². The highest BCUT2D eigenvalue weighted by Gasteiger charge is 2.19. The molecule has 0 heterocycles. The van der Waals surface area contributed by atoms with Gasteiger partial charge in [-0.1, -0.05) is 48.0 Å². The van der Waals surface area contributed by atoms with E-state index in [1.807, 2.05) is 37.3 Å². The summed E-state index contributed by atoms with van der Waals surface area (Å²) in [5.41, 5.74) is 3.35. The van der Waals surface area contributed by atoms with Gasteiger partial charge < -0.3 is 5.32 Å². The molecule has 0 unspecified atom stereocenters. The lowest BCUT2D eigenvalue weighted by molar-refractivity contribution is 0.484. The zero-order chi connectivity index (χ0) is 28.3. The topological polar surface area (TPSA) is 137 Å². The van der Waals surface area contributed by atoms with E-state index < -0.39 is 20.1 Å². The van der Waals surface area contributed by atoms with Crippen LogP contribution in [0.2, 0.25) is 0 Å². The van der Waals surface area contributed by atoms with Gasteiger partial charge in [-0.15, -0.1) is 5.11 Å². The molecule has 0 amide bonds. The fourth-order valence-corrected chi connectivity index (χ4v) is 5.87. The van der Waals surface area contributed by atoms with Gasteiger partial charge in [0, 0.05) is 27.8 Å². The van der Waals surface area contributed by atoms with Gasteiger partial charge in [0.05, 0.1) is 16.3 Å². The van der Waals surface area contributed by atoms with Crippen molar-refractivity contribution in [2.45, 2.75) is 16.7 Å². The first-order valence-electron chi connectivity index (χ1n) is 12.1. The summed E-state index contributed by atoms with van der Waals surface area (Å²) in [6.45, 7) is 1.88. The number of aryl methyl sites for hydroxylation is 1. The third-order valence-corrected chi connectivity index (χ3v) is 8.33. The van der Waals surface area contributed by atoms with Crippen molar-refractivity contribution in [1.29, 1.82) is 0 Å². The normalized spacial score (nSPS) is 12.1. The van der Waals surface area contributed by atoms with E-state index >= 15 is 0 Å². The predicted octanol–water partition coefficient (Wildman–Crippen LogP) is 7.35. The van der Waals surface area contributed by atoms with Crippen LogP contribution in [-0.4, -0.2) is 21.4 Å². The van der Waals surface area contributed by atoms with Crippen LogP contribution in [0.3, 0.4) is 0 Å². The third kappa shape index (κ3) is 6.01. The second kappa shape index (κ2) is 10.9. The number of fused-ring (bicyclic) bond motifs is 1. The molecule has 0 saturated carbocycles. The first-order chi connectivity index (χ1) is 19.1. The molecule has 202 valence electrons. The van der Waals surface area contributed by atoms with Crippen molar-refractivity contribution in [3.05, 3.63) is 115 Å². The molecule has 0 aliphatic rings. The molecule has 5 aromatic rings. The molecule has 0 spiro atoms. The van der Waals surface area contributed by atoms with Crippen LogP contribution in [0.5, 0.6) is 0 Å². The number of sulfonamides is 1. The molecule has 5 rings (SSSR count). The Kier molecular flexibility index (Phi) is 7.35. The number of anilines is 3. The molecule has 0 atom stereocenters. The second-order valence-electron chi connectivity index (χ2n) is 8.94. The predicted molar refractivity (Wildman–Crippen MR) is 156 cm³/mol. The Morgan fingerprint density at radius 3 is 2.05 bits per heavy atom. The van der Waals surface area contributed by atoms with Crippen molar-refractivity contribution in [2.24, 2.45) is 10.2 Å². The quantitative estimate of drug-likeness (QED) is 0.131. The Bertz CT molecular complexity index is 1930. The summed E-state index contributed by atoms with van der Waals surface area (Å²) in [5, 5.41) is 12.5. The molecule has 0 aromatic heterocycles. The molecule has 5 aromatic carbocycles. The Morgan fingerprint density at radius 2 is 1.38 bits per heavy atom. The number of nitrogens with zero attached hydrogens (tertiary/aromatic N) is 2. The standard InChI is InChI=1S/C29H24N4O5S2/c1-20-10-16-24(17-11-20)39(34,35)33-23-14-12-22(13-15-23)31-32-26-18-19-27(30-21-6-3-2-4-7-21)29-25(26)8-5-9-28(29)40(36,37)38/h2-19,30,33H,1H3,(H,36,37,38)/b32-31+. The largest absolute Gasteiger partial charge is 0.355 e. The second-order valence-corrected chi connectivity index (χ2v) is 12.0. The van der Waals surface area contributed by atoms with E-state index in [0.717, 1.165) is 11.3 Å². The maximum atomic E-state index is 12.7. The Balaban J connectivity index is 1.45. The maximum absolute atomic E-state index is 12.7. The highest BCUT2D eigenvalue weighted by atomic mass is 32.2. The number of benzene rings is 5. The molecular formula is C29H24N4O5S2. The van der Waals surface area contributed by atoms with Gasteiger partial charge in [-0.05, 0) is 73.7 Å². The van der Waals surface area contributed by atoms with Crippen molar-refractivity contribution in [3.63, 3.8) is 0 Å². The average molecular weight is 573 g/mol. The third-order valence-electron chi connectivity index (χ3n) is 6.03. The van der Waals surface area contributed by atoms with E-state index in [1.165, 1.54) is 12.1 Å². The molecule has 0 saturated heterocycles. The van der Waals surface area contributed by atoms with Crippen LogP contribution in [0.1, 0.15) is 5.56 Å². The van der Waals surface area contributed by atoms with Crippen LogP contribution in [-0.2, 0) is 20.1 Å². The van der Waals surface area contributed by atoms with Gasteiger partial charge in [-0.3, -0.25) is 9.27 Å². The Hall–Kier alpha value is -4.58. The molecule has 3 N–H and O–H groups in total. The number of azo groups is 1. The first kappa shape index (κ1) is 27.0. The number of nitrogens with one attached hydrogen (secondary N) is 2. The summed E-state index contributed by atoms with van der Waals surface area (Å²) >= 11 is 0. The van der Waals surface area contributed by atoms with Gasteiger partial charge in [0.25, 0.3) is 20.1 Å². The maximum Gasteiger partial charge on any atom is 0.295 e. The van der Waals surface area contributed by atoms with Gasteiger partial charge in [0.2, 0.25) is 0 Å². The fraction of sp³-hybridized carbons (Fsp3) is 0.0345. The smallest absolute Gasteiger partial charge is 0.295 e. The van der Waals surface area contributed by atoms with E-state index in [0.29, 0.717) is 28.1 Å². The fourth-order valence-electron chi connectivity index (χ4n) is 4.08. The molecule has 40 heavy (non-hydrogen) atoms. The highest BCUT2D eigenvalue weighted by molar-refractivity contribution is 7.92. The summed E-state index contributed by atoms with van der Waals surface area (Å²) in [6, 6.07) is 30.0. The van der Waals surface area contributed by atoms with Crippen molar-refractivity contribution in [3.8, 4) is 0 Å². The van der Waals surface area contributed by atoms with Gasteiger partial charge in [-0.2, -0.15) is 13.5 Å². The molecule has 0 aliphatic carbocycles. The van der Waals surface area contributed by atoms with E-state index in [9.17, 15) is 21.4 Å². The average Bonchev–Trinajstić information content (AvgIpc) is 2.93. The molecule has 0 bridgehead atoms. The monoisotopic (exact) mass is 572 g/mol. The van der Waals surface area contributed by atoms with E-state index in [2.05, 4.69) is 20.3 Å². The number of para-hydroxylation sites is 1. The molecule has 9 nitrogen and oxygen atoms in total. The van der Waals surface area contributed by atoms with Crippen LogP contribution in [0, 0.1) is 6.92 Å². The minimum atomic E-state index is -4.54.